The molecule has 11 heavy (non-hydrogen) atoms. The van der Waals surface area contributed by atoms with Crippen LogP contribution in [0.1, 0.15) is 25.7 Å². The van der Waals surface area contributed by atoms with Crippen molar-refractivity contribution in [1.82, 2.24) is 0 Å². The van der Waals surface area contributed by atoms with Gasteiger partial charge in [-0.1, -0.05) is 12.8 Å². The van der Waals surface area contributed by atoms with Crippen LogP contribution in [-0.4, -0.2) is 16.7 Å². The Labute approximate surface area is 64.7 Å². The number of fused-ring (bicyclic) bond motifs is 1. The molecule has 0 bridgehead atoms. The van der Waals surface area contributed by atoms with Gasteiger partial charge in [0, 0.05) is 0 Å². The average Bonchev–Trinajstić information content (AvgIpc) is 2.30. The van der Waals surface area contributed by atoms with E-state index in [2.05, 4.69) is 4.74 Å². The summed E-state index contributed by atoms with van der Waals surface area (Å²) in [5, 5.41) is 0. The van der Waals surface area contributed by atoms with Gasteiger partial charge in [-0.2, -0.15) is 0 Å². The van der Waals surface area contributed by atoms with E-state index in [1.54, 1.807) is 0 Å². The summed E-state index contributed by atoms with van der Waals surface area (Å²) in [6.07, 6.45) is 3.97. The smallest absolute Gasteiger partial charge is 0.338 e. The van der Waals surface area contributed by atoms with Gasteiger partial charge in [-0.25, -0.2) is 9.53 Å². The summed E-state index contributed by atoms with van der Waals surface area (Å²) in [5.74, 6) is -0.299. The van der Waals surface area contributed by atoms with Gasteiger partial charge < -0.3 is 4.79 Å². The summed E-state index contributed by atoms with van der Waals surface area (Å²) in [6, 6.07) is 0. The Bertz CT molecular complexity index is 187. The summed E-state index contributed by atoms with van der Waals surface area (Å²) < 4.78 is 4.64. The van der Waals surface area contributed by atoms with E-state index in [1.807, 2.05) is 0 Å². The average molecular weight is 155 g/mol. The zero-order valence-corrected chi connectivity index (χ0v) is 6.25. The fraction of sp³-hybridized carbons (Fsp3) is 0.750. The maximum atomic E-state index is 11.0. The minimum Gasteiger partial charge on any atom is -0.338 e. The quantitative estimate of drug-likeness (QED) is 0.296. The van der Waals surface area contributed by atoms with E-state index in [0.717, 1.165) is 25.7 Å². The van der Waals surface area contributed by atoms with Crippen LogP contribution in [0.15, 0.2) is 0 Å². The largest absolute Gasteiger partial charge is 0.495 e. The summed E-state index contributed by atoms with van der Waals surface area (Å²) in [6.45, 7) is 0. The Morgan fingerprint density at radius 2 is 1.91 bits per heavy atom. The molecule has 1 N–H and O–H groups in total. The highest BCUT2D eigenvalue weighted by Crippen LogP contribution is 2.36. The normalized spacial score (nSPS) is 36.7. The lowest BCUT2D eigenvalue weighted by Crippen LogP contribution is -2.21. The number of esters is 2. The summed E-state index contributed by atoms with van der Waals surface area (Å²) >= 11 is 0. The van der Waals surface area contributed by atoms with Gasteiger partial charge in [0.05, 0.1) is 0 Å². The Morgan fingerprint density at radius 3 is 2.55 bits per heavy atom. The Hall–Kier alpha value is -0.860. The van der Waals surface area contributed by atoms with E-state index in [9.17, 15) is 4.79 Å². The molecule has 0 radical (unpaired) electrons. The van der Waals surface area contributed by atoms with Crippen LogP contribution in [-0.2, 0) is 9.53 Å². The second-order valence-corrected chi connectivity index (χ2v) is 3.26. The number of hydrogen-bond acceptors (Lipinski definition) is 2. The van der Waals surface area contributed by atoms with Gasteiger partial charge >= 0.3 is 11.9 Å². The molecule has 0 amide bonds. The standard InChI is InChI=1S/C8H10O3/c9-7-5-3-1-2-4-6(5)8(10)11-7/h5-6H,1-4H2/p+1. The predicted octanol–water partition coefficient (Wildman–Crippen LogP) is 0.852. The van der Waals surface area contributed by atoms with E-state index < -0.39 is 0 Å². The van der Waals surface area contributed by atoms with Crippen LogP contribution >= 0.6 is 0 Å². The lowest BCUT2D eigenvalue weighted by atomic mass is 9.81. The van der Waals surface area contributed by atoms with Crippen LogP contribution in [0.2, 0.25) is 0 Å². The number of rotatable bonds is 0. The molecule has 2 aliphatic rings. The van der Waals surface area contributed by atoms with E-state index in [0.29, 0.717) is 0 Å². The molecule has 3 heteroatoms. The zero-order valence-electron chi connectivity index (χ0n) is 6.25. The van der Waals surface area contributed by atoms with Crippen LogP contribution in [0.4, 0.5) is 0 Å². The fourth-order valence-electron chi connectivity index (χ4n) is 1.96. The van der Waals surface area contributed by atoms with Crippen molar-refractivity contribution in [3.63, 3.8) is 0 Å². The van der Waals surface area contributed by atoms with Crippen molar-refractivity contribution in [2.75, 3.05) is 0 Å². The van der Waals surface area contributed by atoms with E-state index in [4.69, 9.17) is 4.79 Å². The van der Waals surface area contributed by atoms with Crippen molar-refractivity contribution in [2.45, 2.75) is 25.7 Å². The molecule has 0 aromatic heterocycles. The Balaban J connectivity index is 2.19. The third-order valence-electron chi connectivity index (χ3n) is 2.59. The lowest BCUT2D eigenvalue weighted by molar-refractivity contribution is -0.138. The number of hydrogen-bond donors (Lipinski definition) is 0. The fourth-order valence-corrected chi connectivity index (χ4v) is 1.96. The molecule has 2 atom stereocenters. The number of carbonyl (C=O) groups excluding carboxylic acids is 2. The van der Waals surface area contributed by atoms with Crippen LogP contribution in [0.3, 0.4) is 0 Å². The molecule has 2 unspecified atom stereocenters. The van der Waals surface area contributed by atoms with Gasteiger partial charge in [0.2, 0.25) is 0 Å². The summed E-state index contributed by atoms with van der Waals surface area (Å²) in [5.41, 5.74) is 0. The molecule has 1 heterocycles. The van der Waals surface area contributed by atoms with Crippen LogP contribution in [0.25, 0.3) is 0 Å². The van der Waals surface area contributed by atoms with E-state index in [-0.39, 0.29) is 23.8 Å². The molecule has 0 spiro atoms. The highest BCUT2D eigenvalue weighted by Gasteiger charge is 2.52. The molecule has 0 aromatic carbocycles. The van der Waals surface area contributed by atoms with Crippen molar-refractivity contribution >= 4 is 11.9 Å². The summed E-state index contributed by atoms with van der Waals surface area (Å²) in [7, 11) is 0. The topological polar surface area (TPSA) is 47.7 Å². The molecule has 1 saturated heterocycles. The Morgan fingerprint density at radius 1 is 1.27 bits per heavy atom. The second-order valence-electron chi connectivity index (χ2n) is 3.26. The number of carbonyl (C=O) groups is 1. The number of ether oxygens (including phenoxy) is 1. The van der Waals surface area contributed by atoms with E-state index >= 15 is 0 Å². The van der Waals surface area contributed by atoms with Crippen molar-refractivity contribution in [3.8, 4) is 0 Å². The molecule has 2 fully saturated rings. The molecular weight excluding hydrogens is 144 g/mol. The van der Waals surface area contributed by atoms with Crippen LogP contribution < -0.4 is 0 Å². The van der Waals surface area contributed by atoms with Crippen molar-refractivity contribution in [3.05, 3.63) is 0 Å². The van der Waals surface area contributed by atoms with Crippen molar-refractivity contribution < 1.29 is 14.3 Å². The van der Waals surface area contributed by atoms with Crippen molar-refractivity contribution in [2.24, 2.45) is 11.8 Å². The molecule has 1 aliphatic heterocycles. The minimum atomic E-state index is -0.229. The van der Waals surface area contributed by atoms with Gasteiger partial charge in [-0.3, -0.25) is 0 Å². The molecule has 1 saturated carbocycles. The highest BCUT2D eigenvalue weighted by atomic mass is 16.6. The molecule has 0 aromatic rings. The first-order valence-electron chi connectivity index (χ1n) is 4.06. The second kappa shape index (κ2) is 2.32. The van der Waals surface area contributed by atoms with Gasteiger partial charge in [0.1, 0.15) is 11.8 Å². The number of cyclic esters (lactones) is 2. The monoisotopic (exact) mass is 155 g/mol. The Kier molecular flexibility index (Phi) is 1.44. The molecule has 60 valence electrons. The molecule has 2 rings (SSSR count). The molecular formula is C8H11O3+. The van der Waals surface area contributed by atoms with E-state index in [1.165, 1.54) is 0 Å². The maximum absolute atomic E-state index is 11.0. The predicted molar refractivity (Wildman–Crippen MR) is 38.5 cm³/mol. The third kappa shape index (κ3) is 0.951. The first-order valence-corrected chi connectivity index (χ1v) is 4.06. The highest BCUT2D eigenvalue weighted by molar-refractivity contribution is 5.97. The van der Waals surface area contributed by atoms with Crippen LogP contribution in [0, 0.1) is 11.8 Å². The first-order chi connectivity index (χ1) is 5.29. The summed E-state index contributed by atoms with van der Waals surface area (Å²) in [4.78, 5) is 20.2. The third-order valence-corrected chi connectivity index (χ3v) is 2.59. The molecule has 1 aliphatic carbocycles. The van der Waals surface area contributed by atoms with Gasteiger partial charge in [-0.05, 0) is 12.8 Å². The van der Waals surface area contributed by atoms with Crippen LogP contribution in [0.5, 0.6) is 0 Å². The minimum absolute atomic E-state index is 0.0104. The lowest BCUT2D eigenvalue weighted by Gasteiger charge is -2.14. The SMILES string of the molecule is O=C1OC(=[OH+])C2CCCCC12. The van der Waals surface area contributed by atoms with Gasteiger partial charge in [-0.15, -0.1) is 0 Å². The van der Waals surface area contributed by atoms with Gasteiger partial charge in [0.15, 0.2) is 0 Å². The molecule has 3 nitrogen and oxygen atoms in total. The first kappa shape index (κ1) is 6.83. The maximum Gasteiger partial charge on any atom is 0.495 e. The zero-order chi connectivity index (χ0) is 7.84. The van der Waals surface area contributed by atoms with Gasteiger partial charge in [0.25, 0.3) is 0 Å². The van der Waals surface area contributed by atoms with Crippen molar-refractivity contribution in [1.29, 1.82) is 0 Å².